The Hall–Kier alpha value is -2.21. The first kappa shape index (κ1) is 21.1. The van der Waals surface area contributed by atoms with Crippen LogP contribution in [0, 0.1) is 5.92 Å². The SMILES string of the molecule is COC1(CN(C)C(=O)C(=O)Nc2cccc(CCC(=O)C(C)C)c2)CCC1. The van der Waals surface area contributed by atoms with Crippen molar-refractivity contribution in [2.24, 2.45) is 5.92 Å². The van der Waals surface area contributed by atoms with E-state index in [2.05, 4.69) is 5.32 Å². The number of hydrogen-bond donors (Lipinski definition) is 1. The molecule has 6 heteroatoms. The van der Waals surface area contributed by atoms with E-state index in [-0.39, 0.29) is 17.3 Å². The molecule has 0 aromatic heterocycles. The summed E-state index contributed by atoms with van der Waals surface area (Å²) in [6.45, 7) is 4.18. The highest BCUT2D eigenvalue weighted by atomic mass is 16.5. The number of likely N-dealkylation sites (N-methyl/N-ethyl adjacent to an activating group) is 1. The van der Waals surface area contributed by atoms with E-state index in [0.29, 0.717) is 25.1 Å². The second kappa shape index (κ2) is 9.13. The monoisotopic (exact) mass is 374 g/mol. The molecule has 1 fully saturated rings. The van der Waals surface area contributed by atoms with Crippen molar-refractivity contribution in [1.82, 2.24) is 4.90 Å². The zero-order valence-electron chi connectivity index (χ0n) is 16.7. The fraction of sp³-hybridized carbons (Fsp3) is 0.571. The van der Waals surface area contributed by atoms with Crippen LogP contribution < -0.4 is 5.32 Å². The van der Waals surface area contributed by atoms with E-state index in [0.717, 1.165) is 24.8 Å². The number of carbonyl (C=O) groups is 3. The first-order chi connectivity index (χ1) is 12.8. The number of anilines is 1. The van der Waals surface area contributed by atoms with E-state index >= 15 is 0 Å². The first-order valence-electron chi connectivity index (χ1n) is 9.49. The van der Waals surface area contributed by atoms with Crippen LogP contribution in [-0.2, 0) is 25.5 Å². The van der Waals surface area contributed by atoms with Gasteiger partial charge in [0, 0.05) is 38.7 Å². The number of nitrogens with one attached hydrogen (secondary N) is 1. The van der Waals surface area contributed by atoms with Gasteiger partial charge in [0.25, 0.3) is 0 Å². The molecule has 0 heterocycles. The van der Waals surface area contributed by atoms with Crippen molar-refractivity contribution in [3.05, 3.63) is 29.8 Å². The number of benzene rings is 1. The molecule has 0 saturated heterocycles. The van der Waals surface area contributed by atoms with Crippen molar-refractivity contribution in [2.45, 2.75) is 51.6 Å². The van der Waals surface area contributed by atoms with Crippen LogP contribution in [0.1, 0.15) is 45.1 Å². The van der Waals surface area contributed by atoms with Crippen molar-refractivity contribution in [3.8, 4) is 0 Å². The van der Waals surface area contributed by atoms with Gasteiger partial charge in [0.1, 0.15) is 5.78 Å². The molecule has 2 amide bonds. The summed E-state index contributed by atoms with van der Waals surface area (Å²) in [6, 6.07) is 7.27. The molecule has 0 aliphatic heterocycles. The highest BCUT2D eigenvalue weighted by Gasteiger charge is 2.39. The fourth-order valence-electron chi connectivity index (χ4n) is 3.22. The maximum atomic E-state index is 12.4. The molecule has 1 aliphatic carbocycles. The van der Waals surface area contributed by atoms with Crippen LogP contribution in [0.15, 0.2) is 24.3 Å². The first-order valence-corrected chi connectivity index (χ1v) is 9.49. The summed E-state index contributed by atoms with van der Waals surface area (Å²) < 4.78 is 5.52. The van der Waals surface area contributed by atoms with Crippen LogP contribution >= 0.6 is 0 Å². The normalized spacial score (nSPS) is 15.1. The van der Waals surface area contributed by atoms with Crippen LogP contribution in [-0.4, -0.2) is 48.8 Å². The molecule has 1 saturated carbocycles. The quantitative estimate of drug-likeness (QED) is 0.710. The summed E-state index contributed by atoms with van der Waals surface area (Å²) in [5, 5.41) is 2.66. The van der Waals surface area contributed by atoms with Crippen LogP contribution in [0.5, 0.6) is 0 Å². The smallest absolute Gasteiger partial charge is 0.313 e. The molecular formula is C21H30N2O4. The summed E-state index contributed by atoms with van der Waals surface area (Å²) >= 11 is 0. The summed E-state index contributed by atoms with van der Waals surface area (Å²) in [4.78, 5) is 37.9. The Morgan fingerprint density at radius 3 is 2.52 bits per heavy atom. The van der Waals surface area contributed by atoms with Crippen molar-refractivity contribution >= 4 is 23.3 Å². The Morgan fingerprint density at radius 2 is 1.96 bits per heavy atom. The summed E-state index contributed by atoms with van der Waals surface area (Å²) in [6.07, 6.45) is 3.97. The van der Waals surface area contributed by atoms with Gasteiger partial charge in [0.2, 0.25) is 0 Å². The van der Waals surface area contributed by atoms with Crippen LogP contribution in [0.4, 0.5) is 5.69 Å². The van der Waals surface area contributed by atoms with Crippen molar-refractivity contribution in [2.75, 3.05) is 26.0 Å². The van der Waals surface area contributed by atoms with Gasteiger partial charge in [0.05, 0.1) is 5.60 Å². The Morgan fingerprint density at radius 1 is 1.26 bits per heavy atom. The van der Waals surface area contributed by atoms with Gasteiger partial charge in [-0.2, -0.15) is 0 Å². The minimum absolute atomic E-state index is 0.0205. The maximum Gasteiger partial charge on any atom is 0.313 e. The number of amides is 2. The third-order valence-corrected chi connectivity index (χ3v) is 5.25. The number of Topliss-reactive ketones (excluding diaryl/α,β-unsaturated/α-hetero) is 1. The number of hydrogen-bond acceptors (Lipinski definition) is 4. The van der Waals surface area contributed by atoms with E-state index < -0.39 is 11.8 Å². The van der Waals surface area contributed by atoms with E-state index in [9.17, 15) is 14.4 Å². The molecule has 0 unspecified atom stereocenters. The number of nitrogens with zero attached hydrogens (tertiary/aromatic N) is 1. The third-order valence-electron chi connectivity index (χ3n) is 5.25. The van der Waals surface area contributed by atoms with Crippen LogP contribution in [0.3, 0.4) is 0 Å². The van der Waals surface area contributed by atoms with Crippen molar-refractivity contribution in [3.63, 3.8) is 0 Å². The van der Waals surface area contributed by atoms with E-state index in [1.165, 1.54) is 4.90 Å². The number of methoxy groups -OCH3 is 1. The predicted molar refractivity (Wildman–Crippen MR) is 104 cm³/mol. The Balaban J connectivity index is 1.91. The van der Waals surface area contributed by atoms with Crippen LogP contribution in [0.25, 0.3) is 0 Å². The van der Waals surface area contributed by atoms with Crippen LogP contribution in [0.2, 0.25) is 0 Å². The summed E-state index contributed by atoms with van der Waals surface area (Å²) in [7, 11) is 3.27. The molecule has 1 aliphatic rings. The van der Waals surface area contributed by atoms with Gasteiger partial charge in [-0.05, 0) is 43.4 Å². The van der Waals surface area contributed by atoms with Gasteiger partial charge in [-0.25, -0.2) is 0 Å². The van der Waals surface area contributed by atoms with E-state index in [1.54, 1.807) is 26.3 Å². The average molecular weight is 374 g/mol. The largest absolute Gasteiger partial charge is 0.376 e. The number of aryl methyl sites for hydroxylation is 1. The van der Waals surface area contributed by atoms with E-state index in [1.807, 2.05) is 26.0 Å². The third kappa shape index (κ3) is 5.63. The summed E-state index contributed by atoms with van der Waals surface area (Å²) in [5.74, 6) is -1.02. The van der Waals surface area contributed by atoms with Gasteiger partial charge >= 0.3 is 11.8 Å². The Bertz CT molecular complexity index is 690. The van der Waals surface area contributed by atoms with Gasteiger partial charge in [-0.15, -0.1) is 0 Å². The molecule has 0 spiro atoms. The minimum Gasteiger partial charge on any atom is -0.376 e. The van der Waals surface area contributed by atoms with Crippen molar-refractivity contribution < 1.29 is 19.1 Å². The van der Waals surface area contributed by atoms with Gasteiger partial charge < -0.3 is 15.0 Å². The molecule has 0 bridgehead atoms. The maximum absolute atomic E-state index is 12.4. The highest BCUT2D eigenvalue weighted by molar-refractivity contribution is 6.39. The zero-order valence-corrected chi connectivity index (χ0v) is 16.7. The molecule has 27 heavy (non-hydrogen) atoms. The molecule has 0 radical (unpaired) electrons. The molecule has 148 valence electrons. The zero-order chi connectivity index (χ0) is 20.0. The molecule has 2 rings (SSSR count). The highest BCUT2D eigenvalue weighted by Crippen LogP contribution is 2.35. The van der Waals surface area contributed by atoms with Crippen molar-refractivity contribution in [1.29, 1.82) is 0 Å². The topological polar surface area (TPSA) is 75.7 Å². The molecule has 1 aromatic rings. The average Bonchev–Trinajstić information content (AvgIpc) is 2.62. The lowest BCUT2D eigenvalue weighted by Crippen LogP contribution is -2.51. The number of rotatable bonds is 8. The van der Waals surface area contributed by atoms with Gasteiger partial charge in [-0.1, -0.05) is 26.0 Å². The molecule has 6 nitrogen and oxygen atoms in total. The van der Waals surface area contributed by atoms with E-state index in [4.69, 9.17) is 4.74 Å². The fourth-order valence-corrected chi connectivity index (χ4v) is 3.22. The van der Waals surface area contributed by atoms with Gasteiger partial charge in [0.15, 0.2) is 0 Å². The van der Waals surface area contributed by atoms with Gasteiger partial charge in [-0.3, -0.25) is 14.4 Å². The minimum atomic E-state index is -0.668. The molecule has 1 aromatic carbocycles. The lowest BCUT2D eigenvalue weighted by atomic mass is 9.79. The number of carbonyl (C=O) groups excluding carboxylic acids is 3. The Kier molecular flexibility index (Phi) is 7.13. The number of ketones is 1. The summed E-state index contributed by atoms with van der Waals surface area (Å²) in [5.41, 5.74) is 1.20. The molecular weight excluding hydrogens is 344 g/mol. The lowest BCUT2D eigenvalue weighted by molar-refractivity contribution is -0.147. The molecule has 0 atom stereocenters. The molecule has 1 N–H and O–H groups in total. The standard InChI is InChI=1S/C21H30N2O4/c1-15(2)18(24)10-9-16-7-5-8-17(13-16)22-19(25)20(26)23(3)14-21(27-4)11-6-12-21/h5,7-8,13,15H,6,9-12,14H2,1-4H3,(H,22,25). The second-order valence-electron chi connectivity index (χ2n) is 7.68. The predicted octanol–water partition coefficient (Wildman–Crippen LogP) is 2.81. The number of ether oxygens (including phenoxy) is 1. The Labute approximate surface area is 161 Å². The second-order valence-corrected chi connectivity index (χ2v) is 7.68. The lowest BCUT2D eigenvalue weighted by Gasteiger charge is -2.42.